The summed E-state index contributed by atoms with van der Waals surface area (Å²) in [5.74, 6) is -1.48. The third-order valence-electron chi connectivity index (χ3n) is 21.4. The first-order chi connectivity index (χ1) is 52.8. The van der Waals surface area contributed by atoms with Crippen LogP contribution in [0, 0.1) is 30.1 Å². The normalized spacial score (nSPS) is 21.0. The minimum absolute atomic E-state index is 0.00574. The minimum Gasteiger partial charge on any atom is -0.497 e. The Balaban J connectivity index is 0.673. The zero-order chi connectivity index (χ0) is 77.5. The number of fused-ring (bicyclic) bond motifs is 2. The van der Waals surface area contributed by atoms with E-state index in [0.717, 1.165) is 106 Å². The largest absolute Gasteiger partial charge is 0.497 e. The number of amides is 5. The van der Waals surface area contributed by atoms with Crippen LogP contribution in [0.15, 0.2) is 102 Å². The van der Waals surface area contributed by atoms with Crippen LogP contribution in [0.4, 0.5) is 17.5 Å². The summed E-state index contributed by atoms with van der Waals surface area (Å²) in [5.41, 5.74) is 5.88. The van der Waals surface area contributed by atoms with Gasteiger partial charge in [0.25, 0.3) is 17.7 Å². The lowest BCUT2D eigenvalue weighted by Gasteiger charge is -2.69. The van der Waals surface area contributed by atoms with Crippen LogP contribution < -0.4 is 29.8 Å². The van der Waals surface area contributed by atoms with Gasteiger partial charge in [-0.05, 0) is 180 Å². The lowest BCUT2D eigenvalue weighted by Crippen LogP contribution is -2.64. The van der Waals surface area contributed by atoms with Crippen molar-refractivity contribution in [3.8, 4) is 22.6 Å². The maximum absolute atomic E-state index is 15.0. The number of thiazole rings is 1. The number of hydrogen-bond donors (Lipinski definition) is 2. The van der Waals surface area contributed by atoms with Gasteiger partial charge in [0, 0.05) is 70.6 Å². The van der Waals surface area contributed by atoms with E-state index in [-0.39, 0.29) is 96.8 Å². The van der Waals surface area contributed by atoms with E-state index in [9.17, 15) is 24.0 Å². The minimum atomic E-state index is -1.33. The van der Waals surface area contributed by atoms with Gasteiger partial charge in [0.05, 0.1) is 79.5 Å². The van der Waals surface area contributed by atoms with E-state index in [0.29, 0.717) is 73.9 Å². The fourth-order valence-corrected chi connectivity index (χ4v) is 19.1. The first-order valence-corrected chi connectivity index (χ1v) is 42.5. The SMILES string of the molecule is COc1ccc(COC(=O)c2nc(N(CCCCCn3cc(COCCOCCNC(=O)COc4cccc5c4C(=O)N(C4CCC(=O)NC4=O)C5=O)nn3)c3cc(C)c(N=c4sc5ccccc5n4COCC[Si](C)(C)C)nn3)ccc2-c2cnn(CC34CC5(C)CC(C)(C3)CC(OCCN(C)C)(C5)C4)c2C)cc1. The van der Waals surface area contributed by atoms with Gasteiger partial charge in [-0.1, -0.05) is 80.4 Å². The monoisotopic (exact) mass is 1540 g/mol. The molecule has 584 valence electrons. The van der Waals surface area contributed by atoms with Crippen LogP contribution in [0.3, 0.4) is 0 Å². The topological polar surface area (TPSA) is 305 Å². The van der Waals surface area contributed by atoms with Gasteiger partial charge < -0.3 is 48.3 Å². The summed E-state index contributed by atoms with van der Waals surface area (Å²) in [6, 6.07) is 25.9. The molecule has 5 fully saturated rings. The summed E-state index contributed by atoms with van der Waals surface area (Å²) in [6.07, 6.45) is 12.5. The van der Waals surface area contributed by atoms with Crippen LogP contribution in [-0.4, -0.2) is 190 Å². The van der Waals surface area contributed by atoms with E-state index >= 15 is 4.79 Å². The van der Waals surface area contributed by atoms with Crippen LogP contribution in [0.25, 0.3) is 21.3 Å². The number of anilines is 2. The Labute approximate surface area is 645 Å². The van der Waals surface area contributed by atoms with Crippen molar-refractivity contribution in [2.24, 2.45) is 21.2 Å². The van der Waals surface area contributed by atoms with Crippen LogP contribution in [-0.2, 0) is 71.1 Å². The standard InChI is InChI=1S/C80H101N15O13SSi/c1-53-39-66(87-88-71(53)85-76-93(52-105-37-38-110(8,9)10)61-18-12-13-20-64(61)109-76)92(31-15-11-14-30-91-41-56(86-89-91)43-104-36-35-103-33-29-81-68(97)44-106-63-19-16-17-59-69(63)74(100)95(73(59)99)62-26-28-67(96)84-72(62)98)65-27-25-58(70(83-65)75(101)107-42-55-21-23-57(102-7)24-22-55)60-40-82-94(54(60)2)51-79-46-77(3)45-78(4,47-79)49-80(48-77,50-79)108-34-32-90(5)6/h12-13,16-25,27,39-41,62H,11,14-15,26,28-38,42-52H2,1-10H3,(H,81,97)(H,84,96,98). The molecule has 5 amide bonds. The lowest BCUT2D eigenvalue weighted by molar-refractivity contribution is -0.248. The second kappa shape index (κ2) is 33.6. The molecule has 4 saturated carbocycles. The number of aromatic nitrogens is 9. The van der Waals surface area contributed by atoms with E-state index in [1.54, 1.807) is 23.1 Å². The van der Waals surface area contributed by atoms with Crippen molar-refractivity contribution in [1.29, 1.82) is 0 Å². The van der Waals surface area contributed by atoms with E-state index in [1.165, 1.54) is 24.6 Å². The van der Waals surface area contributed by atoms with Crippen molar-refractivity contribution in [2.75, 3.05) is 85.4 Å². The number of benzene rings is 3. The third-order valence-corrected chi connectivity index (χ3v) is 24.2. The molecular weight excluding hydrogens is 1440 g/mol. The highest BCUT2D eigenvalue weighted by Crippen LogP contribution is 2.72. The molecule has 28 nitrogen and oxygen atoms in total. The maximum Gasteiger partial charge on any atom is 0.358 e. The predicted molar refractivity (Wildman–Crippen MR) is 415 cm³/mol. The fraction of sp³-hybridized carbons (Fsp3) is 0.512. The van der Waals surface area contributed by atoms with Crippen molar-refractivity contribution >= 4 is 82.6 Å². The Morgan fingerprint density at radius 3 is 2.34 bits per heavy atom. The highest BCUT2D eigenvalue weighted by molar-refractivity contribution is 7.16. The summed E-state index contributed by atoms with van der Waals surface area (Å²) < 4.78 is 49.3. The molecule has 30 heteroatoms. The number of unbranched alkanes of at least 4 members (excludes halogenated alkanes) is 2. The lowest BCUT2D eigenvalue weighted by atomic mass is 9.39. The number of nitrogens with zero attached hydrogens (tertiary/aromatic N) is 13. The molecular formula is C80H101N15O13SSi. The number of carbonyl (C=O) groups is 6. The molecule has 0 radical (unpaired) electrons. The molecule has 6 aliphatic rings. The third kappa shape index (κ3) is 18.4. The summed E-state index contributed by atoms with van der Waals surface area (Å²) in [6.45, 7) is 21.1. The summed E-state index contributed by atoms with van der Waals surface area (Å²) in [4.78, 5) is 94.9. The maximum atomic E-state index is 15.0. The number of nitrogens with one attached hydrogen (secondary N) is 2. The Kier molecular flexibility index (Phi) is 24.1. The van der Waals surface area contributed by atoms with Crippen LogP contribution in [0.2, 0.25) is 25.7 Å². The first kappa shape index (κ1) is 78.7. The molecule has 4 bridgehead atoms. The van der Waals surface area contributed by atoms with Crippen LogP contribution >= 0.6 is 11.3 Å². The van der Waals surface area contributed by atoms with Crippen LogP contribution in [0.5, 0.6) is 11.5 Å². The molecule has 4 aliphatic carbocycles. The molecule has 110 heavy (non-hydrogen) atoms. The second-order valence-electron chi connectivity index (χ2n) is 32.4. The summed E-state index contributed by atoms with van der Waals surface area (Å²) in [5, 5.41) is 28.5. The highest BCUT2D eigenvalue weighted by Gasteiger charge is 2.66. The number of likely N-dealkylation sites (N-methyl/N-ethyl adjacent to an activating group) is 1. The number of carbonyl (C=O) groups excluding carboxylic acids is 6. The van der Waals surface area contributed by atoms with Gasteiger partial charge in [0.15, 0.2) is 28.7 Å². The Bertz CT molecular complexity index is 4760. The zero-order valence-electron chi connectivity index (χ0n) is 64.7. The molecule has 5 aromatic heterocycles. The first-order valence-electron chi connectivity index (χ1n) is 38.0. The molecule has 3 atom stereocenters. The predicted octanol–water partition coefficient (Wildman–Crippen LogP) is 10.7. The van der Waals surface area contributed by atoms with Crippen molar-refractivity contribution in [1.82, 2.24) is 65.0 Å². The van der Waals surface area contributed by atoms with E-state index in [4.69, 9.17) is 58.4 Å². The van der Waals surface area contributed by atoms with Gasteiger partial charge in [-0.2, -0.15) is 10.1 Å². The molecule has 8 aromatic rings. The van der Waals surface area contributed by atoms with Gasteiger partial charge in [-0.25, -0.2) is 9.78 Å². The van der Waals surface area contributed by atoms with Gasteiger partial charge in [0.1, 0.15) is 42.4 Å². The summed E-state index contributed by atoms with van der Waals surface area (Å²) in [7, 11) is 4.48. The molecule has 3 unspecified atom stereocenters. The number of piperidine rings is 1. The molecule has 1 saturated heterocycles. The number of rotatable bonds is 37. The highest BCUT2D eigenvalue weighted by atomic mass is 32.1. The summed E-state index contributed by atoms with van der Waals surface area (Å²) >= 11 is 1.57. The zero-order valence-corrected chi connectivity index (χ0v) is 66.5. The molecule has 2 N–H and O–H groups in total. The number of pyridine rings is 1. The van der Waals surface area contributed by atoms with E-state index in [2.05, 4.69) is 102 Å². The number of imide groups is 2. The molecule has 3 aromatic carbocycles. The smallest absolute Gasteiger partial charge is 0.358 e. The Hall–Kier alpha value is -9.43. The number of ether oxygens (including phenoxy) is 7. The number of hydrogen-bond acceptors (Lipinski definition) is 23. The van der Waals surface area contributed by atoms with E-state index < -0.39 is 56.2 Å². The van der Waals surface area contributed by atoms with Gasteiger partial charge in [-0.15, -0.1) is 15.3 Å². The molecule has 14 rings (SSSR count). The van der Waals surface area contributed by atoms with Crippen molar-refractivity contribution < 1.29 is 61.9 Å². The van der Waals surface area contributed by atoms with Crippen molar-refractivity contribution in [3.63, 3.8) is 0 Å². The number of esters is 1. The molecule has 2 aliphatic heterocycles. The number of para-hydroxylation sites is 1. The van der Waals surface area contributed by atoms with Gasteiger partial charge >= 0.3 is 5.97 Å². The molecule has 0 spiro atoms. The van der Waals surface area contributed by atoms with Gasteiger partial charge in [0.2, 0.25) is 11.8 Å². The average molecular weight is 1540 g/mol. The van der Waals surface area contributed by atoms with Crippen molar-refractivity contribution in [3.05, 3.63) is 141 Å². The van der Waals surface area contributed by atoms with E-state index in [1.807, 2.05) is 78.8 Å². The fourth-order valence-electron chi connectivity index (χ4n) is 17.3. The number of methoxy groups -OCH3 is 1. The number of aryl methyl sites for hydroxylation is 2. The molecule has 7 heterocycles. The quantitative estimate of drug-likeness (QED) is 0.0158. The average Bonchev–Trinajstić information content (AvgIpc) is 0.827. The van der Waals surface area contributed by atoms with Gasteiger partial charge in [-0.3, -0.25) is 48.1 Å². The second-order valence-corrected chi connectivity index (χ2v) is 39.0. The van der Waals surface area contributed by atoms with Crippen molar-refractivity contribution in [2.45, 2.75) is 169 Å². The Morgan fingerprint density at radius 2 is 1.57 bits per heavy atom. The van der Waals surface area contributed by atoms with Crippen LogP contribution in [0.1, 0.15) is 138 Å². The Morgan fingerprint density at radius 1 is 0.782 bits per heavy atom.